The fourth-order valence-electron chi connectivity index (χ4n) is 3.06. The quantitative estimate of drug-likeness (QED) is 0.741. The van der Waals surface area contributed by atoms with Gasteiger partial charge in [-0.1, -0.05) is 6.92 Å². The summed E-state index contributed by atoms with van der Waals surface area (Å²) < 4.78 is 0. The van der Waals surface area contributed by atoms with E-state index >= 15 is 0 Å². The second-order valence-corrected chi connectivity index (χ2v) is 4.99. The maximum absolute atomic E-state index is 3.55. The summed E-state index contributed by atoms with van der Waals surface area (Å²) in [7, 11) is 0. The van der Waals surface area contributed by atoms with Crippen LogP contribution in [0.1, 0.15) is 39.5 Å². The summed E-state index contributed by atoms with van der Waals surface area (Å²) in [5.74, 6) is 0.905. The van der Waals surface area contributed by atoms with Crippen LogP contribution >= 0.6 is 0 Å². The average molecular weight is 196 g/mol. The molecule has 82 valence electrons. The van der Waals surface area contributed by atoms with Gasteiger partial charge < -0.3 is 10.2 Å². The van der Waals surface area contributed by atoms with Crippen LogP contribution in [-0.2, 0) is 0 Å². The normalized spacial score (nSPS) is 39.4. The Balaban J connectivity index is 1.83. The van der Waals surface area contributed by atoms with Crippen LogP contribution in [-0.4, -0.2) is 36.6 Å². The van der Waals surface area contributed by atoms with Gasteiger partial charge in [0.15, 0.2) is 0 Å². The zero-order valence-corrected chi connectivity index (χ0v) is 9.63. The van der Waals surface area contributed by atoms with Gasteiger partial charge in [0.25, 0.3) is 0 Å². The molecule has 0 aliphatic carbocycles. The molecule has 1 N–H and O–H groups in total. The number of nitrogens with zero attached hydrogens (tertiary/aromatic N) is 1. The second-order valence-electron chi connectivity index (χ2n) is 4.99. The van der Waals surface area contributed by atoms with Crippen molar-refractivity contribution in [1.29, 1.82) is 0 Å². The van der Waals surface area contributed by atoms with E-state index in [1.807, 2.05) is 0 Å². The standard InChI is InChI=1S/C12H24N2/c1-3-12-5-4-8-14(12)9-11-6-7-13-10(11)2/h10-13H,3-9H2,1-2H3. The van der Waals surface area contributed by atoms with Gasteiger partial charge in [0.2, 0.25) is 0 Å². The summed E-state index contributed by atoms with van der Waals surface area (Å²) in [4.78, 5) is 2.73. The molecule has 0 aromatic heterocycles. The molecular formula is C12H24N2. The fraction of sp³-hybridized carbons (Fsp3) is 1.00. The van der Waals surface area contributed by atoms with Gasteiger partial charge in [-0.25, -0.2) is 0 Å². The summed E-state index contributed by atoms with van der Waals surface area (Å²) in [6, 6.07) is 1.64. The van der Waals surface area contributed by atoms with Gasteiger partial charge in [-0.15, -0.1) is 0 Å². The lowest BCUT2D eigenvalue weighted by Gasteiger charge is -2.28. The minimum atomic E-state index is 0.744. The van der Waals surface area contributed by atoms with E-state index in [0.717, 1.165) is 18.0 Å². The van der Waals surface area contributed by atoms with Crippen LogP contribution in [0.15, 0.2) is 0 Å². The highest BCUT2D eigenvalue weighted by Gasteiger charge is 2.29. The van der Waals surface area contributed by atoms with Crippen molar-refractivity contribution in [3.8, 4) is 0 Å². The highest BCUT2D eigenvalue weighted by atomic mass is 15.2. The first kappa shape index (κ1) is 10.4. The van der Waals surface area contributed by atoms with Gasteiger partial charge in [-0.3, -0.25) is 0 Å². The van der Waals surface area contributed by atoms with E-state index in [1.165, 1.54) is 45.3 Å². The minimum absolute atomic E-state index is 0.744. The van der Waals surface area contributed by atoms with Crippen LogP contribution in [0.25, 0.3) is 0 Å². The number of nitrogens with one attached hydrogen (secondary N) is 1. The van der Waals surface area contributed by atoms with E-state index in [0.29, 0.717) is 0 Å². The third-order valence-corrected chi connectivity index (χ3v) is 4.13. The number of hydrogen-bond donors (Lipinski definition) is 1. The molecule has 2 nitrogen and oxygen atoms in total. The van der Waals surface area contributed by atoms with E-state index in [-0.39, 0.29) is 0 Å². The van der Waals surface area contributed by atoms with E-state index in [9.17, 15) is 0 Å². The maximum atomic E-state index is 3.55. The van der Waals surface area contributed by atoms with Gasteiger partial charge in [-0.05, 0) is 51.6 Å². The smallest absolute Gasteiger partial charge is 0.00932 e. The first-order valence-corrected chi connectivity index (χ1v) is 6.28. The van der Waals surface area contributed by atoms with Crippen LogP contribution in [0.4, 0.5) is 0 Å². The predicted molar refractivity (Wildman–Crippen MR) is 60.5 cm³/mol. The summed E-state index contributed by atoms with van der Waals surface area (Å²) in [5.41, 5.74) is 0. The van der Waals surface area contributed by atoms with E-state index in [1.54, 1.807) is 0 Å². The molecule has 0 spiro atoms. The van der Waals surface area contributed by atoms with Gasteiger partial charge in [0, 0.05) is 18.6 Å². The fourth-order valence-corrected chi connectivity index (χ4v) is 3.06. The first-order valence-electron chi connectivity index (χ1n) is 6.28. The van der Waals surface area contributed by atoms with Gasteiger partial charge in [-0.2, -0.15) is 0 Å². The second kappa shape index (κ2) is 4.63. The summed E-state index contributed by atoms with van der Waals surface area (Å²) in [6.45, 7) is 8.60. The lowest BCUT2D eigenvalue weighted by Crippen LogP contribution is -2.37. The van der Waals surface area contributed by atoms with E-state index in [2.05, 4.69) is 24.1 Å². The highest BCUT2D eigenvalue weighted by molar-refractivity contribution is 4.86. The number of hydrogen-bond acceptors (Lipinski definition) is 2. The topological polar surface area (TPSA) is 15.3 Å². The zero-order chi connectivity index (χ0) is 9.97. The Morgan fingerprint density at radius 1 is 1.36 bits per heavy atom. The molecule has 0 saturated carbocycles. The molecule has 2 rings (SSSR count). The van der Waals surface area contributed by atoms with Crippen LogP contribution in [0, 0.1) is 5.92 Å². The third-order valence-electron chi connectivity index (χ3n) is 4.13. The molecular weight excluding hydrogens is 172 g/mol. The lowest BCUT2D eigenvalue weighted by molar-refractivity contribution is 0.204. The van der Waals surface area contributed by atoms with Crippen molar-refractivity contribution in [1.82, 2.24) is 10.2 Å². The third kappa shape index (κ3) is 2.12. The van der Waals surface area contributed by atoms with Crippen LogP contribution < -0.4 is 5.32 Å². The van der Waals surface area contributed by atoms with Crippen molar-refractivity contribution in [3.63, 3.8) is 0 Å². The SMILES string of the molecule is CCC1CCCN1CC1CCNC1C. The molecule has 2 fully saturated rings. The van der Waals surface area contributed by atoms with Crippen molar-refractivity contribution in [2.24, 2.45) is 5.92 Å². The molecule has 2 saturated heterocycles. The monoisotopic (exact) mass is 196 g/mol. The Morgan fingerprint density at radius 2 is 2.21 bits per heavy atom. The molecule has 0 aromatic carbocycles. The van der Waals surface area contributed by atoms with Crippen molar-refractivity contribution in [2.45, 2.75) is 51.6 Å². The molecule has 2 heterocycles. The van der Waals surface area contributed by atoms with Gasteiger partial charge in [0.1, 0.15) is 0 Å². The van der Waals surface area contributed by atoms with Crippen LogP contribution in [0.2, 0.25) is 0 Å². The summed E-state index contributed by atoms with van der Waals surface area (Å²) in [6.07, 6.45) is 5.58. The van der Waals surface area contributed by atoms with Crippen molar-refractivity contribution in [3.05, 3.63) is 0 Å². The molecule has 0 bridgehead atoms. The minimum Gasteiger partial charge on any atom is -0.314 e. The van der Waals surface area contributed by atoms with Crippen molar-refractivity contribution < 1.29 is 0 Å². The number of rotatable bonds is 3. The Labute approximate surface area is 88.1 Å². The van der Waals surface area contributed by atoms with E-state index < -0.39 is 0 Å². The summed E-state index contributed by atoms with van der Waals surface area (Å²) >= 11 is 0. The largest absolute Gasteiger partial charge is 0.314 e. The van der Waals surface area contributed by atoms with Crippen molar-refractivity contribution >= 4 is 0 Å². The lowest BCUT2D eigenvalue weighted by atomic mass is 10.0. The Morgan fingerprint density at radius 3 is 2.86 bits per heavy atom. The van der Waals surface area contributed by atoms with E-state index in [4.69, 9.17) is 0 Å². The Hall–Kier alpha value is -0.0800. The first-order chi connectivity index (χ1) is 6.81. The summed E-state index contributed by atoms with van der Waals surface area (Å²) in [5, 5.41) is 3.55. The molecule has 2 heteroatoms. The highest BCUT2D eigenvalue weighted by Crippen LogP contribution is 2.24. The molecule has 2 aliphatic heterocycles. The Kier molecular flexibility index (Phi) is 3.45. The molecule has 0 radical (unpaired) electrons. The van der Waals surface area contributed by atoms with Crippen molar-refractivity contribution in [2.75, 3.05) is 19.6 Å². The maximum Gasteiger partial charge on any atom is 0.00932 e. The predicted octanol–water partition coefficient (Wildman–Crippen LogP) is 1.86. The molecule has 14 heavy (non-hydrogen) atoms. The zero-order valence-electron chi connectivity index (χ0n) is 9.63. The average Bonchev–Trinajstić information content (AvgIpc) is 2.77. The van der Waals surface area contributed by atoms with Gasteiger partial charge >= 0.3 is 0 Å². The molecule has 0 amide bonds. The Bertz CT molecular complexity index is 181. The van der Waals surface area contributed by atoms with Crippen LogP contribution in [0.5, 0.6) is 0 Å². The van der Waals surface area contributed by atoms with Gasteiger partial charge in [0.05, 0.1) is 0 Å². The molecule has 0 aromatic rings. The molecule has 2 aliphatic rings. The van der Waals surface area contributed by atoms with Crippen LogP contribution in [0.3, 0.4) is 0 Å². The molecule has 3 unspecified atom stereocenters. The molecule has 3 atom stereocenters. The number of likely N-dealkylation sites (tertiary alicyclic amines) is 1.